The van der Waals surface area contributed by atoms with Gasteiger partial charge in [-0.1, -0.05) is 72.8 Å². The first-order chi connectivity index (χ1) is 16.1. The lowest BCUT2D eigenvalue weighted by atomic mass is 9.61. The standard InChI is InChI=1S/C30H26O3/c1-32-23-15-11-21(12-16-23)19-30(20-22-13-17-24(33-2)18-14-22)27-9-5-3-7-25(27)29(31)26-8-4-6-10-28(26)30/h3-18H,19-20H2,1-2H3. The Morgan fingerprint density at radius 2 is 0.970 bits per heavy atom. The van der Waals surface area contributed by atoms with Gasteiger partial charge in [-0.3, -0.25) is 4.79 Å². The lowest BCUT2D eigenvalue weighted by molar-refractivity contribution is 0.102. The molecule has 164 valence electrons. The van der Waals surface area contributed by atoms with Crippen LogP contribution >= 0.6 is 0 Å². The number of carbonyl (C=O) groups excluding carboxylic acids is 1. The molecule has 0 heterocycles. The summed E-state index contributed by atoms with van der Waals surface area (Å²) in [7, 11) is 3.36. The zero-order valence-electron chi connectivity index (χ0n) is 18.9. The number of rotatable bonds is 6. The van der Waals surface area contributed by atoms with Crippen LogP contribution in [0.25, 0.3) is 0 Å². The van der Waals surface area contributed by atoms with Crippen molar-refractivity contribution in [1.29, 1.82) is 0 Å². The van der Waals surface area contributed by atoms with E-state index in [2.05, 4.69) is 36.4 Å². The van der Waals surface area contributed by atoms with Gasteiger partial charge in [0.25, 0.3) is 0 Å². The average molecular weight is 435 g/mol. The van der Waals surface area contributed by atoms with E-state index in [0.29, 0.717) is 0 Å². The number of benzene rings is 4. The van der Waals surface area contributed by atoms with Gasteiger partial charge in [-0.25, -0.2) is 0 Å². The van der Waals surface area contributed by atoms with Gasteiger partial charge in [0.15, 0.2) is 5.78 Å². The van der Waals surface area contributed by atoms with Crippen molar-refractivity contribution in [2.45, 2.75) is 18.3 Å². The third-order valence-corrected chi connectivity index (χ3v) is 6.70. The molecule has 0 aromatic heterocycles. The first kappa shape index (κ1) is 21.0. The molecule has 0 unspecified atom stereocenters. The van der Waals surface area contributed by atoms with Crippen LogP contribution in [0.5, 0.6) is 11.5 Å². The van der Waals surface area contributed by atoms with E-state index in [-0.39, 0.29) is 11.2 Å². The fraction of sp³-hybridized carbons (Fsp3) is 0.167. The average Bonchev–Trinajstić information content (AvgIpc) is 2.88. The first-order valence-electron chi connectivity index (χ1n) is 11.1. The molecule has 5 rings (SSSR count). The van der Waals surface area contributed by atoms with Crippen molar-refractivity contribution in [2.24, 2.45) is 0 Å². The third kappa shape index (κ3) is 3.70. The molecule has 4 aromatic rings. The van der Waals surface area contributed by atoms with Crippen molar-refractivity contribution in [3.63, 3.8) is 0 Å². The highest BCUT2D eigenvalue weighted by Crippen LogP contribution is 2.46. The quantitative estimate of drug-likeness (QED) is 0.372. The number of hydrogen-bond donors (Lipinski definition) is 0. The van der Waals surface area contributed by atoms with Crippen LogP contribution in [0.15, 0.2) is 97.1 Å². The van der Waals surface area contributed by atoms with Crippen molar-refractivity contribution < 1.29 is 14.3 Å². The van der Waals surface area contributed by atoms with E-state index in [4.69, 9.17) is 9.47 Å². The van der Waals surface area contributed by atoms with Crippen molar-refractivity contribution >= 4 is 5.78 Å². The first-order valence-corrected chi connectivity index (χ1v) is 11.1. The zero-order chi connectivity index (χ0) is 22.8. The molecule has 0 bridgehead atoms. The van der Waals surface area contributed by atoms with Crippen LogP contribution in [0.3, 0.4) is 0 Å². The van der Waals surface area contributed by atoms with Gasteiger partial charge in [-0.15, -0.1) is 0 Å². The summed E-state index contributed by atoms with van der Waals surface area (Å²) in [5, 5.41) is 0. The number of methoxy groups -OCH3 is 2. The maximum absolute atomic E-state index is 13.4. The van der Waals surface area contributed by atoms with Gasteiger partial charge in [-0.2, -0.15) is 0 Å². The topological polar surface area (TPSA) is 35.5 Å². The van der Waals surface area contributed by atoms with Gasteiger partial charge < -0.3 is 9.47 Å². The minimum absolute atomic E-state index is 0.0984. The molecule has 0 amide bonds. The van der Waals surface area contributed by atoms with Gasteiger partial charge in [0.2, 0.25) is 0 Å². The molecule has 0 fully saturated rings. The lowest BCUT2D eigenvalue weighted by Gasteiger charge is -2.41. The molecular weight excluding hydrogens is 408 g/mol. The Morgan fingerprint density at radius 1 is 0.576 bits per heavy atom. The molecule has 0 saturated carbocycles. The SMILES string of the molecule is COc1ccc(CC2(Cc3ccc(OC)cc3)c3ccccc3C(=O)c3ccccc32)cc1. The van der Waals surface area contributed by atoms with Gasteiger partial charge in [0, 0.05) is 16.5 Å². The van der Waals surface area contributed by atoms with E-state index in [9.17, 15) is 4.79 Å². The molecule has 0 N–H and O–H groups in total. The molecule has 0 saturated heterocycles. The maximum atomic E-state index is 13.4. The van der Waals surface area contributed by atoms with Gasteiger partial charge >= 0.3 is 0 Å². The Morgan fingerprint density at radius 3 is 1.36 bits per heavy atom. The summed E-state index contributed by atoms with van der Waals surface area (Å²) < 4.78 is 10.7. The highest BCUT2D eigenvalue weighted by molar-refractivity contribution is 6.13. The van der Waals surface area contributed by atoms with Crippen LogP contribution in [-0.4, -0.2) is 20.0 Å². The van der Waals surface area contributed by atoms with E-state index in [1.807, 2.05) is 60.7 Å². The number of fused-ring (bicyclic) bond motifs is 2. The molecule has 1 aliphatic carbocycles. The molecule has 0 aliphatic heterocycles. The Bertz CT molecular complexity index is 1190. The van der Waals surface area contributed by atoms with Gasteiger partial charge in [-0.05, 0) is 59.4 Å². The number of carbonyl (C=O) groups is 1. The van der Waals surface area contributed by atoms with Crippen LogP contribution in [-0.2, 0) is 18.3 Å². The molecule has 3 heteroatoms. The summed E-state index contributed by atoms with van der Waals surface area (Å²) >= 11 is 0. The van der Waals surface area contributed by atoms with E-state index in [0.717, 1.165) is 46.6 Å². The Kier molecular flexibility index (Phi) is 5.47. The van der Waals surface area contributed by atoms with E-state index >= 15 is 0 Å². The summed E-state index contributed by atoms with van der Waals surface area (Å²) in [5.41, 5.74) is 5.76. The number of ketones is 1. The predicted octanol–water partition coefficient (Wildman–Crippen LogP) is 6.02. The third-order valence-electron chi connectivity index (χ3n) is 6.70. The Labute approximate surface area is 194 Å². The lowest BCUT2D eigenvalue weighted by Crippen LogP contribution is -2.39. The van der Waals surface area contributed by atoms with E-state index in [1.165, 1.54) is 11.1 Å². The predicted molar refractivity (Wildman–Crippen MR) is 130 cm³/mol. The normalized spacial score (nSPS) is 13.7. The Hall–Kier alpha value is -3.85. The summed E-state index contributed by atoms with van der Waals surface area (Å²) in [6, 6.07) is 32.6. The zero-order valence-corrected chi connectivity index (χ0v) is 18.9. The molecule has 0 spiro atoms. The number of hydrogen-bond acceptors (Lipinski definition) is 3. The monoisotopic (exact) mass is 434 g/mol. The fourth-order valence-electron chi connectivity index (χ4n) is 5.11. The smallest absolute Gasteiger partial charge is 0.193 e. The fourth-order valence-corrected chi connectivity index (χ4v) is 5.11. The second-order valence-corrected chi connectivity index (χ2v) is 8.55. The largest absolute Gasteiger partial charge is 0.497 e. The van der Waals surface area contributed by atoms with Gasteiger partial charge in [0.05, 0.1) is 14.2 Å². The van der Waals surface area contributed by atoms with Crippen LogP contribution < -0.4 is 9.47 Å². The van der Waals surface area contributed by atoms with Crippen molar-refractivity contribution in [3.8, 4) is 11.5 Å². The molecular formula is C30H26O3. The molecule has 0 atom stereocenters. The molecule has 33 heavy (non-hydrogen) atoms. The van der Waals surface area contributed by atoms with Crippen molar-refractivity contribution in [2.75, 3.05) is 14.2 Å². The second kappa shape index (κ2) is 8.59. The highest BCUT2D eigenvalue weighted by Gasteiger charge is 2.43. The molecule has 3 nitrogen and oxygen atoms in total. The summed E-state index contributed by atoms with van der Waals surface area (Å²) in [6.07, 6.45) is 1.54. The summed E-state index contributed by atoms with van der Waals surface area (Å²) in [5.74, 6) is 1.77. The minimum Gasteiger partial charge on any atom is -0.497 e. The van der Waals surface area contributed by atoms with Crippen LogP contribution in [0.4, 0.5) is 0 Å². The van der Waals surface area contributed by atoms with E-state index < -0.39 is 0 Å². The highest BCUT2D eigenvalue weighted by atomic mass is 16.5. The summed E-state index contributed by atoms with van der Waals surface area (Å²) in [6.45, 7) is 0. The van der Waals surface area contributed by atoms with Crippen LogP contribution in [0.2, 0.25) is 0 Å². The number of ether oxygens (including phenoxy) is 2. The minimum atomic E-state index is -0.385. The van der Waals surface area contributed by atoms with Crippen molar-refractivity contribution in [3.05, 3.63) is 130 Å². The van der Waals surface area contributed by atoms with Crippen LogP contribution in [0, 0.1) is 0 Å². The van der Waals surface area contributed by atoms with Crippen molar-refractivity contribution in [1.82, 2.24) is 0 Å². The second-order valence-electron chi connectivity index (χ2n) is 8.55. The van der Waals surface area contributed by atoms with Crippen LogP contribution in [0.1, 0.15) is 38.2 Å². The van der Waals surface area contributed by atoms with Gasteiger partial charge in [0.1, 0.15) is 11.5 Å². The molecule has 1 aliphatic rings. The summed E-state index contributed by atoms with van der Waals surface area (Å²) in [4.78, 5) is 13.4. The maximum Gasteiger partial charge on any atom is 0.193 e. The molecule has 4 aromatic carbocycles. The Balaban J connectivity index is 1.72. The molecule has 0 radical (unpaired) electrons. The van der Waals surface area contributed by atoms with E-state index in [1.54, 1.807) is 14.2 Å².